The van der Waals surface area contributed by atoms with Gasteiger partial charge in [0, 0.05) is 24.0 Å². The molecule has 0 bridgehead atoms. The minimum atomic E-state index is 0.532. The molecular formula is C13H17N3O. The van der Waals surface area contributed by atoms with Crippen molar-refractivity contribution in [2.45, 2.75) is 27.0 Å². The summed E-state index contributed by atoms with van der Waals surface area (Å²) in [5, 5.41) is 4.20. The summed E-state index contributed by atoms with van der Waals surface area (Å²) < 4.78 is 7.61. The number of nitrogen functional groups attached to an aromatic ring is 1. The van der Waals surface area contributed by atoms with Crippen molar-refractivity contribution in [2.75, 3.05) is 5.73 Å². The lowest BCUT2D eigenvalue weighted by molar-refractivity contribution is 0.304. The van der Waals surface area contributed by atoms with E-state index in [1.807, 2.05) is 42.2 Å². The topological polar surface area (TPSA) is 53.1 Å². The van der Waals surface area contributed by atoms with E-state index in [1.54, 1.807) is 0 Å². The van der Waals surface area contributed by atoms with E-state index in [4.69, 9.17) is 10.5 Å². The summed E-state index contributed by atoms with van der Waals surface area (Å²) in [5.41, 5.74) is 8.57. The third kappa shape index (κ3) is 2.78. The van der Waals surface area contributed by atoms with Gasteiger partial charge in [-0.25, -0.2) is 0 Å². The molecule has 1 heterocycles. The Bertz CT molecular complexity index is 505. The van der Waals surface area contributed by atoms with E-state index in [1.165, 1.54) is 0 Å². The van der Waals surface area contributed by atoms with Crippen molar-refractivity contribution in [1.82, 2.24) is 9.78 Å². The van der Waals surface area contributed by atoms with Gasteiger partial charge in [0.2, 0.25) is 0 Å². The first kappa shape index (κ1) is 11.5. The summed E-state index contributed by atoms with van der Waals surface area (Å²) >= 11 is 0. The maximum absolute atomic E-state index is 5.73. The Morgan fingerprint density at radius 1 is 1.41 bits per heavy atom. The van der Waals surface area contributed by atoms with Crippen molar-refractivity contribution in [2.24, 2.45) is 0 Å². The molecule has 0 atom stereocenters. The zero-order valence-corrected chi connectivity index (χ0v) is 10.2. The third-order valence-corrected chi connectivity index (χ3v) is 2.60. The van der Waals surface area contributed by atoms with E-state index < -0.39 is 0 Å². The standard InChI is InChI=1S/C13H17N3O/c1-3-16-8-11(7-15-16)9-17-13-5-4-12(14)6-10(13)2/h4-8H,3,9,14H2,1-2H3. The molecular weight excluding hydrogens is 214 g/mol. The fourth-order valence-corrected chi connectivity index (χ4v) is 1.65. The molecule has 0 saturated heterocycles. The second-order valence-corrected chi connectivity index (χ2v) is 4.02. The second kappa shape index (κ2) is 4.91. The van der Waals surface area contributed by atoms with Gasteiger partial charge in [-0.2, -0.15) is 5.10 Å². The number of aryl methyl sites for hydroxylation is 2. The number of rotatable bonds is 4. The molecule has 0 aliphatic heterocycles. The minimum Gasteiger partial charge on any atom is -0.489 e. The lowest BCUT2D eigenvalue weighted by atomic mass is 10.2. The summed E-state index contributed by atoms with van der Waals surface area (Å²) in [4.78, 5) is 0. The fourth-order valence-electron chi connectivity index (χ4n) is 1.65. The van der Waals surface area contributed by atoms with E-state index in [0.717, 1.165) is 29.1 Å². The van der Waals surface area contributed by atoms with Crippen molar-refractivity contribution in [3.05, 3.63) is 41.7 Å². The van der Waals surface area contributed by atoms with Crippen LogP contribution in [0.1, 0.15) is 18.1 Å². The molecule has 0 saturated carbocycles. The highest BCUT2D eigenvalue weighted by molar-refractivity contribution is 5.47. The molecule has 0 radical (unpaired) electrons. The molecule has 2 aromatic rings. The predicted molar refractivity (Wildman–Crippen MR) is 67.8 cm³/mol. The van der Waals surface area contributed by atoms with Gasteiger partial charge in [-0.1, -0.05) is 0 Å². The number of nitrogens with two attached hydrogens (primary N) is 1. The molecule has 2 N–H and O–H groups in total. The SMILES string of the molecule is CCn1cc(COc2ccc(N)cc2C)cn1. The number of anilines is 1. The molecule has 1 aromatic heterocycles. The van der Waals surface area contributed by atoms with Crippen molar-refractivity contribution in [1.29, 1.82) is 0 Å². The molecule has 0 unspecified atom stereocenters. The van der Waals surface area contributed by atoms with E-state index in [0.29, 0.717) is 6.61 Å². The first-order chi connectivity index (χ1) is 8.19. The lowest BCUT2D eigenvalue weighted by Gasteiger charge is -2.08. The largest absolute Gasteiger partial charge is 0.489 e. The van der Waals surface area contributed by atoms with Gasteiger partial charge in [0.25, 0.3) is 0 Å². The monoisotopic (exact) mass is 231 g/mol. The number of aromatic nitrogens is 2. The molecule has 2 rings (SSSR count). The van der Waals surface area contributed by atoms with Gasteiger partial charge < -0.3 is 10.5 Å². The van der Waals surface area contributed by atoms with Crippen LogP contribution in [-0.4, -0.2) is 9.78 Å². The summed E-state index contributed by atoms with van der Waals surface area (Å²) in [7, 11) is 0. The van der Waals surface area contributed by atoms with Crippen molar-refractivity contribution in [3.63, 3.8) is 0 Å². The van der Waals surface area contributed by atoms with Gasteiger partial charge in [-0.05, 0) is 37.6 Å². The Morgan fingerprint density at radius 3 is 2.88 bits per heavy atom. The average Bonchev–Trinajstić information content (AvgIpc) is 2.76. The predicted octanol–water partition coefficient (Wildman–Crippen LogP) is 2.37. The first-order valence-electron chi connectivity index (χ1n) is 5.69. The Balaban J connectivity index is 2.02. The van der Waals surface area contributed by atoms with Crippen molar-refractivity contribution in [3.8, 4) is 5.75 Å². The zero-order valence-electron chi connectivity index (χ0n) is 10.2. The van der Waals surface area contributed by atoms with E-state index in [9.17, 15) is 0 Å². The highest BCUT2D eigenvalue weighted by atomic mass is 16.5. The van der Waals surface area contributed by atoms with Crippen LogP contribution >= 0.6 is 0 Å². The number of benzene rings is 1. The Kier molecular flexibility index (Phi) is 3.32. The first-order valence-corrected chi connectivity index (χ1v) is 5.69. The quantitative estimate of drug-likeness (QED) is 0.822. The van der Waals surface area contributed by atoms with Crippen LogP contribution in [0.4, 0.5) is 5.69 Å². The van der Waals surface area contributed by atoms with Gasteiger partial charge in [0.05, 0.1) is 6.20 Å². The van der Waals surface area contributed by atoms with Crippen LogP contribution in [0.5, 0.6) is 5.75 Å². The normalized spacial score (nSPS) is 10.5. The number of hydrogen-bond donors (Lipinski definition) is 1. The van der Waals surface area contributed by atoms with Gasteiger partial charge in [0.15, 0.2) is 0 Å². The molecule has 1 aromatic carbocycles. The molecule has 17 heavy (non-hydrogen) atoms. The van der Waals surface area contributed by atoms with Gasteiger partial charge >= 0.3 is 0 Å². The summed E-state index contributed by atoms with van der Waals surface area (Å²) in [6.07, 6.45) is 3.82. The molecule has 4 heteroatoms. The third-order valence-electron chi connectivity index (χ3n) is 2.60. The molecule has 4 nitrogen and oxygen atoms in total. The van der Waals surface area contributed by atoms with Crippen LogP contribution in [0.25, 0.3) is 0 Å². The molecule has 0 fully saturated rings. The summed E-state index contributed by atoms with van der Waals surface area (Å²) in [6, 6.07) is 5.65. The highest BCUT2D eigenvalue weighted by Crippen LogP contribution is 2.21. The van der Waals surface area contributed by atoms with Crippen molar-refractivity contribution >= 4 is 5.69 Å². The second-order valence-electron chi connectivity index (χ2n) is 4.02. The van der Waals surface area contributed by atoms with E-state index in [2.05, 4.69) is 12.0 Å². The highest BCUT2D eigenvalue weighted by Gasteiger charge is 2.02. The number of ether oxygens (including phenoxy) is 1. The smallest absolute Gasteiger partial charge is 0.122 e. The van der Waals surface area contributed by atoms with Crippen LogP contribution in [0.2, 0.25) is 0 Å². The van der Waals surface area contributed by atoms with Crippen LogP contribution < -0.4 is 10.5 Å². The maximum Gasteiger partial charge on any atom is 0.122 e. The Morgan fingerprint density at radius 2 is 2.24 bits per heavy atom. The number of nitrogens with zero attached hydrogens (tertiary/aromatic N) is 2. The van der Waals surface area contributed by atoms with Crippen LogP contribution in [0, 0.1) is 6.92 Å². The Hall–Kier alpha value is -1.97. The van der Waals surface area contributed by atoms with Gasteiger partial charge in [-0.3, -0.25) is 4.68 Å². The minimum absolute atomic E-state index is 0.532. The molecule has 0 aliphatic carbocycles. The average molecular weight is 231 g/mol. The lowest BCUT2D eigenvalue weighted by Crippen LogP contribution is -1.97. The molecule has 0 aliphatic rings. The summed E-state index contributed by atoms with van der Waals surface area (Å²) in [5.74, 6) is 0.864. The van der Waals surface area contributed by atoms with Gasteiger partial charge in [0.1, 0.15) is 12.4 Å². The van der Waals surface area contributed by atoms with E-state index in [-0.39, 0.29) is 0 Å². The Labute approximate surface area is 101 Å². The van der Waals surface area contributed by atoms with E-state index >= 15 is 0 Å². The molecule has 0 amide bonds. The van der Waals surface area contributed by atoms with Gasteiger partial charge in [-0.15, -0.1) is 0 Å². The zero-order chi connectivity index (χ0) is 12.3. The molecule has 0 spiro atoms. The maximum atomic E-state index is 5.73. The van der Waals surface area contributed by atoms with Crippen LogP contribution in [-0.2, 0) is 13.2 Å². The summed E-state index contributed by atoms with van der Waals surface area (Å²) in [6.45, 7) is 5.45. The number of hydrogen-bond acceptors (Lipinski definition) is 3. The fraction of sp³-hybridized carbons (Fsp3) is 0.308. The van der Waals surface area contributed by atoms with Crippen molar-refractivity contribution < 1.29 is 4.74 Å². The molecule has 90 valence electrons. The van der Waals surface area contributed by atoms with Crippen LogP contribution in [0.15, 0.2) is 30.6 Å². The van der Waals surface area contributed by atoms with Crippen LogP contribution in [0.3, 0.4) is 0 Å².